The molecule has 0 aliphatic heterocycles. The molecule has 2 rings (SSSR count). The van der Waals surface area contributed by atoms with Crippen LogP contribution < -0.4 is 5.32 Å². The van der Waals surface area contributed by atoms with Crippen LogP contribution in [0.2, 0.25) is 0 Å². The fourth-order valence-electron chi connectivity index (χ4n) is 1.79. The van der Waals surface area contributed by atoms with Gasteiger partial charge in [-0.1, -0.05) is 43.7 Å². The highest BCUT2D eigenvalue weighted by atomic mass is 32.1. The van der Waals surface area contributed by atoms with Crippen molar-refractivity contribution in [1.29, 1.82) is 0 Å². The summed E-state index contributed by atoms with van der Waals surface area (Å²) in [5.74, 6) is 0.0392. The molecule has 0 aliphatic rings. The number of rotatable bonds is 5. The molecule has 0 spiro atoms. The van der Waals surface area contributed by atoms with E-state index in [0.29, 0.717) is 0 Å². The first-order chi connectivity index (χ1) is 8.83. The second kappa shape index (κ2) is 6.36. The van der Waals surface area contributed by atoms with Crippen molar-refractivity contribution < 1.29 is 4.79 Å². The minimum absolute atomic E-state index is 0.0392. The Labute approximate surface area is 112 Å². The number of hydrogen-bond donors (Lipinski definition) is 1. The molecule has 94 valence electrons. The summed E-state index contributed by atoms with van der Waals surface area (Å²) < 4.78 is 0. The maximum absolute atomic E-state index is 12.1. The highest BCUT2D eigenvalue weighted by Gasteiger charge is 2.13. The quantitative estimate of drug-likeness (QED) is 0.809. The number of amides is 1. The van der Waals surface area contributed by atoms with Crippen molar-refractivity contribution in [3.05, 3.63) is 46.7 Å². The summed E-state index contributed by atoms with van der Waals surface area (Å²) in [6, 6.07) is 12.0. The lowest BCUT2D eigenvalue weighted by atomic mass is 10.1. The van der Waals surface area contributed by atoms with Gasteiger partial charge in [-0.3, -0.25) is 4.79 Å². The zero-order valence-corrected chi connectivity index (χ0v) is 11.3. The molecule has 0 bridgehead atoms. The van der Waals surface area contributed by atoms with Crippen molar-refractivity contribution in [2.75, 3.05) is 6.54 Å². The molecule has 0 saturated carbocycles. The lowest BCUT2D eigenvalue weighted by Crippen LogP contribution is -2.23. The average Bonchev–Trinajstić information content (AvgIpc) is 2.89. The SMILES string of the molecule is CCCCNC(=O)c1sccc1-c1ccccc1. The summed E-state index contributed by atoms with van der Waals surface area (Å²) in [5.41, 5.74) is 2.12. The van der Waals surface area contributed by atoms with Gasteiger partial charge in [0.25, 0.3) is 5.91 Å². The van der Waals surface area contributed by atoms with E-state index in [0.717, 1.165) is 35.4 Å². The first-order valence-electron chi connectivity index (χ1n) is 6.24. The van der Waals surface area contributed by atoms with Crippen LogP contribution in [0.4, 0.5) is 0 Å². The third kappa shape index (κ3) is 2.99. The molecule has 18 heavy (non-hydrogen) atoms. The molecule has 0 fully saturated rings. The second-order valence-corrected chi connectivity index (χ2v) is 5.05. The number of unbranched alkanes of at least 4 members (excludes halogenated alkanes) is 1. The van der Waals surface area contributed by atoms with Gasteiger partial charge in [-0.15, -0.1) is 11.3 Å². The number of carbonyl (C=O) groups excluding carboxylic acids is 1. The smallest absolute Gasteiger partial charge is 0.261 e. The first kappa shape index (κ1) is 12.8. The number of nitrogens with one attached hydrogen (secondary N) is 1. The van der Waals surface area contributed by atoms with Gasteiger partial charge in [-0.2, -0.15) is 0 Å². The standard InChI is InChI=1S/C15H17NOS/c1-2-3-10-16-15(17)14-13(9-11-18-14)12-7-5-4-6-8-12/h4-9,11H,2-3,10H2,1H3,(H,16,17). The third-order valence-corrected chi connectivity index (χ3v) is 3.69. The van der Waals surface area contributed by atoms with Gasteiger partial charge >= 0.3 is 0 Å². The van der Waals surface area contributed by atoms with Crippen molar-refractivity contribution in [3.8, 4) is 11.1 Å². The maximum atomic E-state index is 12.1. The Morgan fingerprint density at radius 3 is 2.72 bits per heavy atom. The number of benzene rings is 1. The van der Waals surface area contributed by atoms with Crippen LogP contribution in [0.3, 0.4) is 0 Å². The molecule has 0 saturated heterocycles. The predicted octanol–water partition coefficient (Wildman–Crippen LogP) is 3.95. The fourth-order valence-corrected chi connectivity index (χ4v) is 2.62. The topological polar surface area (TPSA) is 29.1 Å². The Morgan fingerprint density at radius 2 is 2.00 bits per heavy atom. The third-order valence-electron chi connectivity index (χ3n) is 2.77. The van der Waals surface area contributed by atoms with Crippen molar-refractivity contribution in [2.45, 2.75) is 19.8 Å². The Morgan fingerprint density at radius 1 is 1.22 bits per heavy atom. The molecule has 3 heteroatoms. The van der Waals surface area contributed by atoms with Crippen LogP contribution in [-0.2, 0) is 0 Å². The van der Waals surface area contributed by atoms with Crippen molar-refractivity contribution in [2.24, 2.45) is 0 Å². The molecule has 0 atom stereocenters. The van der Waals surface area contributed by atoms with Crippen molar-refractivity contribution in [1.82, 2.24) is 5.32 Å². The molecule has 1 aromatic carbocycles. The van der Waals surface area contributed by atoms with E-state index in [1.165, 1.54) is 11.3 Å². The molecule has 2 nitrogen and oxygen atoms in total. The van der Waals surface area contributed by atoms with E-state index in [2.05, 4.69) is 12.2 Å². The van der Waals surface area contributed by atoms with E-state index < -0.39 is 0 Å². The highest BCUT2D eigenvalue weighted by molar-refractivity contribution is 7.12. The highest BCUT2D eigenvalue weighted by Crippen LogP contribution is 2.27. The van der Waals surface area contributed by atoms with Crippen LogP contribution in [-0.4, -0.2) is 12.5 Å². The molecular weight excluding hydrogens is 242 g/mol. The monoisotopic (exact) mass is 259 g/mol. The fraction of sp³-hybridized carbons (Fsp3) is 0.267. The van der Waals surface area contributed by atoms with Gasteiger partial charge in [0.2, 0.25) is 0 Å². The van der Waals surface area contributed by atoms with Crippen LogP contribution >= 0.6 is 11.3 Å². The number of carbonyl (C=O) groups is 1. The Bertz CT molecular complexity index is 504. The lowest BCUT2D eigenvalue weighted by molar-refractivity contribution is 0.0958. The van der Waals surface area contributed by atoms with Gasteiger partial charge in [0.1, 0.15) is 0 Å². The van der Waals surface area contributed by atoms with E-state index in [4.69, 9.17) is 0 Å². The number of thiophene rings is 1. The minimum Gasteiger partial charge on any atom is -0.351 e. The van der Waals surface area contributed by atoms with Gasteiger partial charge in [-0.25, -0.2) is 0 Å². The van der Waals surface area contributed by atoms with Gasteiger partial charge in [0.15, 0.2) is 0 Å². The van der Waals surface area contributed by atoms with Gasteiger partial charge in [-0.05, 0) is 23.4 Å². The molecule has 1 N–H and O–H groups in total. The maximum Gasteiger partial charge on any atom is 0.261 e. The minimum atomic E-state index is 0.0392. The molecule has 1 heterocycles. The van der Waals surface area contributed by atoms with E-state index >= 15 is 0 Å². The molecule has 0 radical (unpaired) electrons. The zero-order valence-electron chi connectivity index (χ0n) is 10.5. The summed E-state index contributed by atoms with van der Waals surface area (Å²) in [4.78, 5) is 12.9. The average molecular weight is 259 g/mol. The second-order valence-electron chi connectivity index (χ2n) is 4.14. The van der Waals surface area contributed by atoms with Crippen LogP contribution in [0.25, 0.3) is 11.1 Å². The lowest BCUT2D eigenvalue weighted by Gasteiger charge is -2.05. The van der Waals surface area contributed by atoms with E-state index in [9.17, 15) is 4.79 Å². The van der Waals surface area contributed by atoms with E-state index in [-0.39, 0.29) is 5.91 Å². The molecule has 1 aromatic heterocycles. The molecular formula is C15H17NOS. The van der Waals surface area contributed by atoms with E-state index in [1.54, 1.807) is 0 Å². The molecule has 2 aromatic rings. The molecule has 1 amide bonds. The Kier molecular flexibility index (Phi) is 4.53. The summed E-state index contributed by atoms with van der Waals surface area (Å²) in [7, 11) is 0. The summed E-state index contributed by atoms with van der Waals surface area (Å²) in [6.45, 7) is 2.87. The molecule has 0 aliphatic carbocycles. The summed E-state index contributed by atoms with van der Waals surface area (Å²) in [5, 5.41) is 4.94. The van der Waals surface area contributed by atoms with Crippen LogP contribution in [0.5, 0.6) is 0 Å². The largest absolute Gasteiger partial charge is 0.351 e. The number of hydrogen-bond acceptors (Lipinski definition) is 2. The van der Waals surface area contributed by atoms with Gasteiger partial charge < -0.3 is 5.32 Å². The summed E-state index contributed by atoms with van der Waals surface area (Å²) >= 11 is 1.50. The molecule has 0 unspecified atom stereocenters. The zero-order chi connectivity index (χ0) is 12.8. The van der Waals surface area contributed by atoms with Crippen molar-refractivity contribution >= 4 is 17.2 Å². The van der Waals surface area contributed by atoms with Crippen molar-refractivity contribution in [3.63, 3.8) is 0 Å². The van der Waals surface area contributed by atoms with Crippen LogP contribution in [0, 0.1) is 0 Å². The van der Waals surface area contributed by atoms with Crippen LogP contribution in [0.1, 0.15) is 29.4 Å². The van der Waals surface area contributed by atoms with Gasteiger partial charge in [0.05, 0.1) is 4.88 Å². The Hall–Kier alpha value is -1.61. The van der Waals surface area contributed by atoms with E-state index in [1.807, 2.05) is 41.8 Å². The Balaban J connectivity index is 2.15. The first-order valence-corrected chi connectivity index (χ1v) is 7.12. The normalized spacial score (nSPS) is 10.3. The van der Waals surface area contributed by atoms with Crippen LogP contribution in [0.15, 0.2) is 41.8 Å². The predicted molar refractivity (Wildman–Crippen MR) is 77.0 cm³/mol. The van der Waals surface area contributed by atoms with Gasteiger partial charge in [0, 0.05) is 12.1 Å². The summed E-state index contributed by atoms with van der Waals surface area (Å²) in [6.07, 6.45) is 2.12.